The Morgan fingerprint density at radius 3 is 2.94 bits per heavy atom. The number of hydrogen-bond acceptors (Lipinski definition) is 3. The SMILES string of the molecule is Brc1cnsc1CNCCC1=CCCCC1.Cl. The number of allylic oxidation sites excluding steroid dienone is 1. The Morgan fingerprint density at radius 1 is 1.41 bits per heavy atom. The molecule has 1 aromatic heterocycles. The van der Waals surface area contributed by atoms with Crippen LogP contribution in [0.2, 0.25) is 0 Å². The smallest absolute Gasteiger partial charge is 0.0552 e. The fourth-order valence-electron chi connectivity index (χ4n) is 1.95. The van der Waals surface area contributed by atoms with E-state index in [9.17, 15) is 0 Å². The molecular formula is C12H18BrClN2S. The molecule has 2 rings (SSSR count). The Balaban J connectivity index is 0.00000144. The average molecular weight is 338 g/mol. The monoisotopic (exact) mass is 336 g/mol. The van der Waals surface area contributed by atoms with E-state index < -0.39 is 0 Å². The van der Waals surface area contributed by atoms with E-state index in [1.807, 2.05) is 6.20 Å². The molecule has 0 radical (unpaired) electrons. The molecule has 0 spiro atoms. The maximum atomic E-state index is 4.13. The van der Waals surface area contributed by atoms with Crippen LogP contribution in [0.1, 0.15) is 37.0 Å². The molecule has 0 saturated heterocycles. The van der Waals surface area contributed by atoms with Crippen LogP contribution >= 0.6 is 39.9 Å². The molecule has 5 heteroatoms. The Hall–Kier alpha value is 0.1000. The predicted molar refractivity (Wildman–Crippen MR) is 79.9 cm³/mol. The molecule has 96 valence electrons. The number of rotatable bonds is 5. The van der Waals surface area contributed by atoms with E-state index in [0.717, 1.165) is 17.6 Å². The van der Waals surface area contributed by atoms with Gasteiger partial charge in [0.1, 0.15) is 0 Å². The zero-order chi connectivity index (χ0) is 11.2. The minimum Gasteiger partial charge on any atom is -0.311 e. The van der Waals surface area contributed by atoms with Crippen LogP contribution in [0.4, 0.5) is 0 Å². The highest BCUT2D eigenvalue weighted by Crippen LogP contribution is 2.21. The van der Waals surface area contributed by atoms with Crippen LogP contribution in [0.5, 0.6) is 0 Å². The number of nitrogens with one attached hydrogen (secondary N) is 1. The quantitative estimate of drug-likeness (QED) is 0.640. The molecule has 1 heterocycles. The summed E-state index contributed by atoms with van der Waals surface area (Å²) in [6, 6.07) is 0. The van der Waals surface area contributed by atoms with Gasteiger partial charge in [-0.3, -0.25) is 0 Å². The summed E-state index contributed by atoms with van der Waals surface area (Å²) in [5, 5.41) is 3.48. The van der Waals surface area contributed by atoms with Crippen LogP contribution in [-0.4, -0.2) is 10.9 Å². The average Bonchev–Trinajstić information content (AvgIpc) is 2.72. The van der Waals surface area contributed by atoms with Crippen molar-refractivity contribution < 1.29 is 0 Å². The molecule has 0 unspecified atom stereocenters. The summed E-state index contributed by atoms with van der Waals surface area (Å²) < 4.78 is 5.26. The molecule has 1 aliphatic rings. The maximum absolute atomic E-state index is 4.13. The largest absolute Gasteiger partial charge is 0.311 e. The fraction of sp³-hybridized carbons (Fsp3) is 0.583. The molecular weight excluding hydrogens is 320 g/mol. The van der Waals surface area contributed by atoms with Crippen molar-refractivity contribution in [3.8, 4) is 0 Å². The van der Waals surface area contributed by atoms with Crippen molar-refractivity contribution in [3.05, 3.63) is 27.2 Å². The van der Waals surface area contributed by atoms with Crippen molar-refractivity contribution in [1.82, 2.24) is 9.69 Å². The van der Waals surface area contributed by atoms with Gasteiger partial charge in [0.05, 0.1) is 15.5 Å². The molecule has 0 aromatic carbocycles. The molecule has 0 aliphatic heterocycles. The molecule has 1 aliphatic carbocycles. The summed E-state index contributed by atoms with van der Waals surface area (Å²) in [5.74, 6) is 0. The highest BCUT2D eigenvalue weighted by atomic mass is 79.9. The summed E-state index contributed by atoms with van der Waals surface area (Å²) in [4.78, 5) is 1.29. The van der Waals surface area contributed by atoms with Crippen LogP contribution in [-0.2, 0) is 6.54 Å². The first-order valence-electron chi connectivity index (χ1n) is 5.84. The van der Waals surface area contributed by atoms with E-state index in [1.165, 1.54) is 37.0 Å². The lowest BCUT2D eigenvalue weighted by molar-refractivity contribution is 0.634. The molecule has 0 bridgehead atoms. The van der Waals surface area contributed by atoms with E-state index in [4.69, 9.17) is 0 Å². The molecule has 1 N–H and O–H groups in total. The van der Waals surface area contributed by atoms with E-state index in [2.05, 4.69) is 31.7 Å². The van der Waals surface area contributed by atoms with Gasteiger partial charge < -0.3 is 5.32 Å². The third-order valence-electron chi connectivity index (χ3n) is 2.89. The van der Waals surface area contributed by atoms with Crippen molar-refractivity contribution >= 4 is 39.9 Å². The minimum absolute atomic E-state index is 0. The second-order valence-electron chi connectivity index (χ2n) is 4.13. The van der Waals surface area contributed by atoms with Crippen LogP contribution in [0.15, 0.2) is 22.3 Å². The van der Waals surface area contributed by atoms with Crippen molar-refractivity contribution in [2.45, 2.75) is 38.6 Å². The van der Waals surface area contributed by atoms with Gasteiger partial charge in [-0.15, -0.1) is 12.4 Å². The van der Waals surface area contributed by atoms with E-state index in [-0.39, 0.29) is 12.4 Å². The topological polar surface area (TPSA) is 24.9 Å². The zero-order valence-corrected chi connectivity index (χ0v) is 13.0. The number of hydrogen-bond donors (Lipinski definition) is 1. The van der Waals surface area contributed by atoms with Gasteiger partial charge in [0.25, 0.3) is 0 Å². The zero-order valence-electron chi connectivity index (χ0n) is 9.75. The molecule has 0 amide bonds. The summed E-state index contributed by atoms with van der Waals surface area (Å²) in [5.41, 5.74) is 1.64. The Kier molecular flexibility index (Phi) is 7.35. The third kappa shape index (κ3) is 5.08. The number of nitrogens with zero attached hydrogens (tertiary/aromatic N) is 1. The van der Waals surface area contributed by atoms with E-state index >= 15 is 0 Å². The van der Waals surface area contributed by atoms with Gasteiger partial charge in [-0.05, 0) is 66.1 Å². The standard InChI is InChI=1S/C12H17BrN2S.ClH/c13-11-8-15-16-12(11)9-14-7-6-10-4-2-1-3-5-10;/h4,8,14H,1-3,5-7,9H2;1H. The highest BCUT2D eigenvalue weighted by molar-refractivity contribution is 9.10. The van der Waals surface area contributed by atoms with Gasteiger partial charge in [-0.25, -0.2) is 0 Å². The lowest BCUT2D eigenvalue weighted by atomic mass is 9.97. The highest BCUT2D eigenvalue weighted by Gasteiger charge is 2.04. The Morgan fingerprint density at radius 2 is 2.29 bits per heavy atom. The second kappa shape index (κ2) is 8.25. The van der Waals surface area contributed by atoms with Gasteiger partial charge in [-0.2, -0.15) is 4.37 Å². The van der Waals surface area contributed by atoms with Gasteiger partial charge in [-0.1, -0.05) is 11.6 Å². The number of aromatic nitrogens is 1. The van der Waals surface area contributed by atoms with Crippen LogP contribution in [0.3, 0.4) is 0 Å². The Labute approximate surface area is 122 Å². The van der Waals surface area contributed by atoms with E-state index in [0.29, 0.717) is 0 Å². The number of halogens is 2. The summed E-state index contributed by atoms with van der Waals surface area (Å²) in [7, 11) is 0. The van der Waals surface area contributed by atoms with Gasteiger partial charge in [0, 0.05) is 6.54 Å². The van der Waals surface area contributed by atoms with Crippen molar-refractivity contribution in [1.29, 1.82) is 0 Å². The molecule has 1 aromatic rings. The third-order valence-corrected chi connectivity index (χ3v) is 4.63. The molecule has 17 heavy (non-hydrogen) atoms. The van der Waals surface area contributed by atoms with Crippen LogP contribution in [0, 0.1) is 0 Å². The van der Waals surface area contributed by atoms with Crippen LogP contribution in [0.25, 0.3) is 0 Å². The summed E-state index contributed by atoms with van der Waals surface area (Å²) in [6.45, 7) is 2.01. The lowest BCUT2D eigenvalue weighted by Gasteiger charge is -2.12. The van der Waals surface area contributed by atoms with Crippen molar-refractivity contribution in [2.24, 2.45) is 0 Å². The van der Waals surface area contributed by atoms with E-state index in [1.54, 1.807) is 17.1 Å². The van der Waals surface area contributed by atoms with Gasteiger partial charge in [0.15, 0.2) is 0 Å². The minimum atomic E-state index is 0. The fourth-order valence-corrected chi connectivity index (χ4v) is 3.14. The molecule has 0 atom stereocenters. The molecule has 0 fully saturated rings. The molecule has 0 saturated carbocycles. The van der Waals surface area contributed by atoms with Crippen molar-refractivity contribution in [2.75, 3.05) is 6.54 Å². The summed E-state index contributed by atoms with van der Waals surface area (Å²) in [6.07, 6.45) is 10.9. The second-order valence-corrected chi connectivity index (χ2v) is 5.87. The first-order valence-corrected chi connectivity index (χ1v) is 7.40. The maximum Gasteiger partial charge on any atom is 0.0552 e. The first kappa shape index (κ1) is 15.2. The lowest BCUT2D eigenvalue weighted by Crippen LogP contribution is -2.15. The van der Waals surface area contributed by atoms with Crippen molar-refractivity contribution in [3.63, 3.8) is 0 Å². The summed E-state index contributed by atoms with van der Waals surface area (Å²) >= 11 is 5.05. The normalized spacial score (nSPS) is 15.2. The van der Waals surface area contributed by atoms with Crippen LogP contribution < -0.4 is 5.32 Å². The van der Waals surface area contributed by atoms with Gasteiger partial charge >= 0.3 is 0 Å². The molecule has 2 nitrogen and oxygen atoms in total. The Bertz CT molecular complexity index is 365. The predicted octanol–water partition coefficient (Wildman–Crippen LogP) is 4.31. The first-order chi connectivity index (χ1) is 7.86. The van der Waals surface area contributed by atoms with Gasteiger partial charge in [0.2, 0.25) is 0 Å².